The fraction of sp³-hybridized carbons (Fsp3) is 0.105. The molecule has 15 heteroatoms. The van der Waals surface area contributed by atoms with Crippen molar-refractivity contribution in [2.24, 2.45) is 5.10 Å². The lowest BCUT2D eigenvalue weighted by atomic mass is 10.1. The third-order valence-corrected chi connectivity index (χ3v) is 4.46. The number of phenols is 1. The molecule has 2 aromatic carbocycles. The number of nitrogens with one attached hydrogen (secondary N) is 1. The summed E-state index contributed by atoms with van der Waals surface area (Å²) < 4.78 is 1.21. The molecule has 2 N–H and O–H groups in total. The first-order chi connectivity index (χ1) is 16.1. The lowest BCUT2D eigenvalue weighted by Crippen LogP contribution is -2.19. The molecule has 0 fully saturated rings. The highest BCUT2D eigenvalue weighted by Crippen LogP contribution is 2.33. The Morgan fingerprint density at radius 3 is 2.44 bits per heavy atom. The van der Waals surface area contributed by atoms with Crippen LogP contribution >= 0.6 is 0 Å². The van der Waals surface area contributed by atoms with Crippen molar-refractivity contribution in [1.82, 2.24) is 15.2 Å². The van der Waals surface area contributed by atoms with Gasteiger partial charge in [-0.25, -0.2) is 5.43 Å². The van der Waals surface area contributed by atoms with Crippen molar-refractivity contribution in [2.45, 2.75) is 13.5 Å². The molecule has 34 heavy (non-hydrogen) atoms. The highest BCUT2D eigenvalue weighted by Gasteiger charge is 2.26. The van der Waals surface area contributed by atoms with E-state index in [9.17, 15) is 40.2 Å². The van der Waals surface area contributed by atoms with E-state index in [1.54, 1.807) is 12.1 Å². The lowest BCUT2D eigenvalue weighted by Gasteiger charge is -2.02. The molecule has 15 nitrogen and oxygen atoms in total. The fourth-order valence-corrected chi connectivity index (χ4v) is 2.97. The maximum atomic E-state index is 12.4. The van der Waals surface area contributed by atoms with Gasteiger partial charge in [0.1, 0.15) is 6.20 Å². The molecule has 3 rings (SSSR count). The second-order valence-corrected chi connectivity index (χ2v) is 6.92. The van der Waals surface area contributed by atoms with Crippen LogP contribution in [0, 0.1) is 37.3 Å². The smallest absolute Gasteiger partial charge is 0.320 e. The summed E-state index contributed by atoms with van der Waals surface area (Å²) in [6.07, 6.45) is 1.81. The van der Waals surface area contributed by atoms with Gasteiger partial charge in [-0.2, -0.15) is 10.2 Å². The number of aromatic nitrogens is 2. The molecule has 0 atom stereocenters. The van der Waals surface area contributed by atoms with Crippen LogP contribution in [0.4, 0.5) is 17.1 Å². The summed E-state index contributed by atoms with van der Waals surface area (Å²) in [7, 11) is 0. The van der Waals surface area contributed by atoms with Gasteiger partial charge in [0.15, 0.2) is 0 Å². The summed E-state index contributed by atoms with van der Waals surface area (Å²) >= 11 is 0. The molecule has 1 aromatic heterocycles. The van der Waals surface area contributed by atoms with Gasteiger partial charge in [-0.05, 0) is 12.5 Å². The molecular formula is C19H15N7O8. The first-order valence-corrected chi connectivity index (χ1v) is 9.33. The molecule has 0 aliphatic carbocycles. The Morgan fingerprint density at radius 1 is 1.12 bits per heavy atom. The van der Waals surface area contributed by atoms with Gasteiger partial charge in [-0.15, -0.1) is 0 Å². The zero-order valence-corrected chi connectivity index (χ0v) is 17.3. The number of nitrogens with zero attached hydrogens (tertiary/aromatic N) is 6. The van der Waals surface area contributed by atoms with E-state index in [0.29, 0.717) is 6.07 Å². The Labute approximate surface area is 189 Å². The molecule has 0 radical (unpaired) electrons. The Kier molecular flexibility index (Phi) is 6.56. The van der Waals surface area contributed by atoms with Crippen molar-refractivity contribution in [3.8, 4) is 5.75 Å². The number of hydrogen-bond donors (Lipinski definition) is 2. The van der Waals surface area contributed by atoms with Crippen molar-refractivity contribution in [3.05, 3.63) is 95.3 Å². The first kappa shape index (κ1) is 23.5. The number of carbonyl (C=O) groups is 1. The van der Waals surface area contributed by atoms with Gasteiger partial charge in [0, 0.05) is 6.07 Å². The minimum absolute atomic E-state index is 0.157. The maximum absolute atomic E-state index is 12.4. The minimum Gasteiger partial charge on any atom is -0.502 e. The number of benzene rings is 2. The summed E-state index contributed by atoms with van der Waals surface area (Å²) in [5, 5.41) is 50.7. The number of carbonyl (C=O) groups excluding carboxylic acids is 1. The molecule has 0 saturated carbocycles. The summed E-state index contributed by atoms with van der Waals surface area (Å²) in [4.78, 5) is 43.0. The van der Waals surface area contributed by atoms with Gasteiger partial charge < -0.3 is 5.11 Å². The SMILES string of the molecule is Cc1cccc(Cn2cc([N+](=O)[O-])c(C(=O)N/N=C/c3cc([N+](=O)[O-])cc([N+](=O)[O-])c3O)n2)c1. The predicted octanol–water partition coefficient (Wildman–Crippen LogP) is 2.43. The predicted molar refractivity (Wildman–Crippen MR) is 116 cm³/mol. The van der Waals surface area contributed by atoms with E-state index in [0.717, 1.165) is 29.6 Å². The van der Waals surface area contributed by atoms with Crippen LogP contribution in [0.3, 0.4) is 0 Å². The van der Waals surface area contributed by atoms with Crippen LogP contribution in [0.5, 0.6) is 5.75 Å². The third kappa shape index (κ3) is 5.16. The quantitative estimate of drug-likeness (QED) is 0.281. The highest BCUT2D eigenvalue weighted by molar-refractivity contribution is 5.97. The summed E-state index contributed by atoms with van der Waals surface area (Å²) in [5.41, 5.74) is 0.518. The lowest BCUT2D eigenvalue weighted by molar-refractivity contribution is -0.394. The Morgan fingerprint density at radius 2 is 1.82 bits per heavy atom. The van der Waals surface area contributed by atoms with Crippen molar-refractivity contribution in [2.75, 3.05) is 0 Å². The van der Waals surface area contributed by atoms with Crippen LogP contribution in [0.1, 0.15) is 27.2 Å². The molecule has 1 amide bonds. The van der Waals surface area contributed by atoms with Crippen LogP contribution in [-0.4, -0.2) is 41.8 Å². The van der Waals surface area contributed by atoms with Crippen LogP contribution in [0.25, 0.3) is 0 Å². The standard InChI is InChI=1S/C19H15N7O8/c1-11-3-2-4-12(5-11)9-23-10-16(26(33)34)17(22-23)19(28)21-20-8-13-6-14(24(29)30)7-15(18(13)27)25(31)32/h2-8,10,27H,9H2,1H3,(H,21,28)/b20-8+. The molecular weight excluding hydrogens is 454 g/mol. The van der Waals surface area contributed by atoms with Crippen molar-refractivity contribution in [1.29, 1.82) is 0 Å². The number of rotatable bonds is 8. The van der Waals surface area contributed by atoms with E-state index < -0.39 is 54.7 Å². The molecule has 0 unspecified atom stereocenters. The molecule has 0 spiro atoms. The Hall–Kier alpha value is -5.21. The van der Waals surface area contributed by atoms with Crippen LogP contribution < -0.4 is 5.43 Å². The normalized spacial score (nSPS) is 10.9. The van der Waals surface area contributed by atoms with Gasteiger partial charge in [-0.3, -0.25) is 39.8 Å². The van der Waals surface area contributed by atoms with E-state index in [-0.39, 0.29) is 6.54 Å². The van der Waals surface area contributed by atoms with Gasteiger partial charge >= 0.3 is 11.4 Å². The molecule has 0 aliphatic heterocycles. The Bertz CT molecular complexity index is 1350. The third-order valence-electron chi connectivity index (χ3n) is 4.46. The largest absolute Gasteiger partial charge is 0.502 e. The zero-order chi connectivity index (χ0) is 25.0. The number of hydrazone groups is 1. The summed E-state index contributed by atoms with van der Waals surface area (Å²) in [6.45, 7) is 2.03. The average Bonchev–Trinajstić information content (AvgIpc) is 3.18. The number of nitro benzene ring substituents is 2. The van der Waals surface area contributed by atoms with Gasteiger partial charge in [0.05, 0.1) is 39.2 Å². The number of phenolic OH excluding ortho intramolecular Hbond substituents is 1. The molecule has 174 valence electrons. The topological polar surface area (TPSA) is 209 Å². The van der Waals surface area contributed by atoms with E-state index >= 15 is 0 Å². The van der Waals surface area contributed by atoms with E-state index in [2.05, 4.69) is 10.2 Å². The van der Waals surface area contributed by atoms with Crippen molar-refractivity contribution in [3.63, 3.8) is 0 Å². The first-order valence-electron chi connectivity index (χ1n) is 9.33. The Balaban J connectivity index is 1.84. The highest BCUT2D eigenvalue weighted by atomic mass is 16.6. The number of nitro groups is 3. The summed E-state index contributed by atoms with van der Waals surface area (Å²) in [6, 6.07) is 8.68. The number of non-ortho nitro benzene ring substituents is 1. The van der Waals surface area contributed by atoms with Crippen LogP contribution in [-0.2, 0) is 6.54 Å². The van der Waals surface area contributed by atoms with Crippen LogP contribution in [0.2, 0.25) is 0 Å². The monoisotopic (exact) mass is 469 g/mol. The van der Waals surface area contributed by atoms with E-state index in [1.165, 1.54) is 4.68 Å². The molecule has 3 aromatic rings. The summed E-state index contributed by atoms with van der Waals surface area (Å²) in [5.74, 6) is -1.99. The fourth-order valence-electron chi connectivity index (χ4n) is 2.97. The number of amides is 1. The molecule has 0 bridgehead atoms. The second kappa shape index (κ2) is 9.51. The number of aryl methyl sites for hydroxylation is 1. The van der Waals surface area contributed by atoms with Crippen molar-refractivity contribution < 1.29 is 24.7 Å². The van der Waals surface area contributed by atoms with E-state index in [1.807, 2.05) is 24.5 Å². The molecule has 0 aliphatic rings. The van der Waals surface area contributed by atoms with Crippen molar-refractivity contribution >= 4 is 29.2 Å². The zero-order valence-electron chi connectivity index (χ0n) is 17.3. The number of hydrogen-bond acceptors (Lipinski definition) is 10. The van der Waals surface area contributed by atoms with E-state index in [4.69, 9.17) is 0 Å². The maximum Gasteiger partial charge on any atom is 0.320 e. The van der Waals surface area contributed by atoms with Gasteiger partial charge in [-0.1, -0.05) is 29.8 Å². The molecule has 1 heterocycles. The number of aromatic hydroxyl groups is 1. The molecule has 0 saturated heterocycles. The second-order valence-electron chi connectivity index (χ2n) is 6.92. The van der Waals surface area contributed by atoms with Gasteiger partial charge in [0.25, 0.3) is 11.6 Å². The van der Waals surface area contributed by atoms with Crippen LogP contribution in [0.15, 0.2) is 47.7 Å². The minimum atomic E-state index is -1.08. The van der Waals surface area contributed by atoms with Gasteiger partial charge in [0.2, 0.25) is 11.4 Å². The average molecular weight is 469 g/mol.